The lowest BCUT2D eigenvalue weighted by Crippen LogP contribution is -3.12. The number of rotatable bonds is 9. The van der Waals surface area contributed by atoms with Crippen LogP contribution in [0.2, 0.25) is 0 Å². The number of para-hydroxylation sites is 1. The largest absolute Gasteiger partial charge is 0.376 e. The highest BCUT2D eigenvalue weighted by Crippen LogP contribution is 2.16. The van der Waals surface area contributed by atoms with E-state index in [1.807, 2.05) is 31.2 Å². The van der Waals surface area contributed by atoms with Crippen molar-refractivity contribution in [2.75, 3.05) is 39.3 Å². The second-order valence-electron chi connectivity index (χ2n) is 8.11. The number of quaternary nitrogens is 1. The van der Waals surface area contributed by atoms with Gasteiger partial charge >= 0.3 is 0 Å². The summed E-state index contributed by atoms with van der Waals surface area (Å²) in [4.78, 5) is 19.5. The molecule has 1 aliphatic heterocycles. The number of hydrogen-bond acceptors (Lipinski definition) is 3. The molecule has 3 N–H and O–H groups in total. The lowest BCUT2D eigenvalue weighted by molar-refractivity contribution is -0.895. The highest BCUT2D eigenvalue weighted by atomic mass is 32.1. The first-order valence-corrected chi connectivity index (χ1v) is 11.5. The van der Waals surface area contributed by atoms with Gasteiger partial charge in [-0.05, 0) is 62.8 Å². The fourth-order valence-corrected chi connectivity index (χ4v) is 4.26. The van der Waals surface area contributed by atoms with Crippen molar-refractivity contribution in [2.24, 2.45) is 0 Å². The molecule has 1 aromatic carbocycles. The molecule has 1 aromatic heterocycles. The number of aromatic amines is 1. The minimum absolute atomic E-state index is 0.0427. The van der Waals surface area contributed by atoms with Crippen molar-refractivity contribution >= 4 is 28.2 Å². The Bertz CT molecular complexity index is 904. The third kappa shape index (κ3) is 5.80. The Kier molecular flexibility index (Phi) is 8.24. The van der Waals surface area contributed by atoms with Crippen LogP contribution < -0.4 is 15.8 Å². The molecule has 6 nitrogen and oxygen atoms in total. The molecular weight excluding hydrogens is 396 g/mol. The minimum Gasteiger partial charge on any atom is -0.376 e. The summed E-state index contributed by atoms with van der Waals surface area (Å²) in [5, 5.41) is 5.13. The van der Waals surface area contributed by atoms with Crippen LogP contribution in [0.4, 0.5) is 0 Å². The van der Waals surface area contributed by atoms with Crippen LogP contribution in [-0.4, -0.2) is 60.4 Å². The molecule has 0 spiro atoms. The third-order valence-electron chi connectivity index (χ3n) is 6.05. The third-order valence-corrected chi connectivity index (χ3v) is 6.46. The summed E-state index contributed by atoms with van der Waals surface area (Å²) in [6.45, 7) is 12.4. The van der Waals surface area contributed by atoms with Gasteiger partial charge in [0, 0.05) is 18.7 Å². The monoisotopic (exact) mass is 431 g/mol. The maximum absolute atomic E-state index is 12.8. The Balaban J connectivity index is 1.76. The molecule has 0 unspecified atom stereocenters. The van der Waals surface area contributed by atoms with Crippen molar-refractivity contribution < 1.29 is 9.64 Å². The number of thiocarbonyl (C=S) groups is 1. The van der Waals surface area contributed by atoms with E-state index in [2.05, 4.69) is 29.0 Å². The van der Waals surface area contributed by atoms with Crippen LogP contribution in [0.3, 0.4) is 0 Å². The van der Waals surface area contributed by atoms with E-state index >= 15 is 0 Å². The van der Waals surface area contributed by atoms with Crippen LogP contribution in [0.5, 0.6) is 0 Å². The van der Waals surface area contributed by atoms with Gasteiger partial charge < -0.3 is 24.8 Å². The van der Waals surface area contributed by atoms with Gasteiger partial charge in [0.05, 0.1) is 44.3 Å². The van der Waals surface area contributed by atoms with Crippen LogP contribution in [0, 0.1) is 6.92 Å². The highest BCUT2D eigenvalue weighted by Gasteiger charge is 2.19. The van der Waals surface area contributed by atoms with E-state index < -0.39 is 0 Å². The molecule has 0 amide bonds. The first kappa shape index (κ1) is 22.7. The number of hydrogen-bond donors (Lipinski definition) is 3. The molecule has 0 saturated carbocycles. The van der Waals surface area contributed by atoms with E-state index in [9.17, 15) is 4.79 Å². The lowest BCUT2D eigenvalue weighted by atomic mass is 10.1. The minimum atomic E-state index is -0.0427. The van der Waals surface area contributed by atoms with Crippen molar-refractivity contribution in [3.8, 4) is 0 Å². The van der Waals surface area contributed by atoms with Crippen molar-refractivity contribution in [1.82, 2.24) is 15.2 Å². The Morgan fingerprint density at radius 3 is 2.87 bits per heavy atom. The highest BCUT2D eigenvalue weighted by molar-refractivity contribution is 7.80. The zero-order chi connectivity index (χ0) is 21.5. The Labute approximate surface area is 184 Å². The number of benzene rings is 1. The molecule has 30 heavy (non-hydrogen) atoms. The summed E-state index contributed by atoms with van der Waals surface area (Å²) in [5.74, 6) is 0. The number of ether oxygens (including phenoxy) is 1. The van der Waals surface area contributed by atoms with Crippen molar-refractivity contribution in [3.05, 3.63) is 45.7 Å². The van der Waals surface area contributed by atoms with Crippen LogP contribution >= 0.6 is 12.2 Å². The van der Waals surface area contributed by atoms with Gasteiger partial charge in [0.25, 0.3) is 5.56 Å². The van der Waals surface area contributed by atoms with E-state index in [0.717, 1.165) is 74.2 Å². The number of aromatic nitrogens is 1. The molecule has 2 heterocycles. The summed E-state index contributed by atoms with van der Waals surface area (Å²) in [6, 6.07) is 8.08. The predicted molar refractivity (Wildman–Crippen MR) is 126 cm³/mol. The van der Waals surface area contributed by atoms with E-state index in [1.165, 1.54) is 4.90 Å². The van der Waals surface area contributed by atoms with Gasteiger partial charge in [-0.3, -0.25) is 4.79 Å². The van der Waals surface area contributed by atoms with Crippen molar-refractivity contribution in [3.63, 3.8) is 0 Å². The molecule has 164 valence electrons. The number of H-pyrrole nitrogens is 1. The standard InChI is InChI=1S/C23H34N4O2S/c1-4-26(5-2)11-12-27(23(30)24-15-20-10-7-13-29-20)16-19-14-18-9-6-8-17(3)21(18)25-22(19)28/h6,8-9,14,20H,4-5,7,10-13,15-16H2,1-3H3,(H,24,30)(H,25,28)/p+1/t20-/m1/s1. The van der Waals surface area contributed by atoms with Crippen LogP contribution in [-0.2, 0) is 11.3 Å². The van der Waals surface area contributed by atoms with Crippen molar-refractivity contribution in [1.29, 1.82) is 0 Å². The second kappa shape index (κ2) is 10.9. The van der Waals surface area contributed by atoms with Gasteiger partial charge in [-0.15, -0.1) is 0 Å². The fraction of sp³-hybridized carbons (Fsp3) is 0.565. The van der Waals surface area contributed by atoms with Crippen LogP contribution in [0.25, 0.3) is 10.9 Å². The van der Waals surface area contributed by atoms with Gasteiger partial charge in [0.2, 0.25) is 0 Å². The number of fused-ring (bicyclic) bond motifs is 1. The molecule has 0 radical (unpaired) electrons. The Hall–Kier alpha value is -1.96. The van der Waals surface area contributed by atoms with Gasteiger partial charge in [-0.2, -0.15) is 0 Å². The van der Waals surface area contributed by atoms with E-state index in [4.69, 9.17) is 17.0 Å². The number of nitrogens with one attached hydrogen (secondary N) is 3. The molecule has 1 saturated heterocycles. The van der Waals surface area contributed by atoms with Gasteiger partial charge in [-0.25, -0.2) is 0 Å². The molecule has 2 aromatic rings. The molecule has 1 aliphatic rings. The van der Waals surface area contributed by atoms with E-state index in [0.29, 0.717) is 11.7 Å². The predicted octanol–water partition coefficient (Wildman–Crippen LogP) is 1.62. The molecule has 1 atom stereocenters. The smallest absolute Gasteiger partial charge is 0.253 e. The second-order valence-corrected chi connectivity index (χ2v) is 8.50. The van der Waals surface area contributed by atoms with Gasteiger partial charge in [0.1, 0.15) is 0 Å². The quantitative estimate of drug-likeness (QED) is 0.527. The average Bonchev–Trinajstić information content (AvgIpc) is 3.26. The zero-order valence-electron chi connectivity index (χ0n) is 18.4. The number of likely N-dealkylation sites (N-methyl/N-ethyl adjacent to an activating group) is 1. The summed E-state index contributed by atoms with van der Waals surface area (Å²) in [6.07, 6.45) is 2.41. The molecular formula is C23H35N4O2S+. The first-order chi connectivity index (χ1) is 14.5. The van der Waals surface area contributed by atoms with Crippen LogP contribution in [0.15, 0.2) is 29.1 Å². The molecule has 3 rings (SSSR count). The first-order valence-electron chi connectivity index (χ1n) is 11.1. The van der Waals surface area contributed by atoms with E-state index in [1.54, 1.807) is 0 Å². The Morgan fingerprint density at radius 2 is 2.17 bits per heavy atom. The van der Waals surface area contributed by atoms with Gasteiger partial charge in [-0.1, -0.05) is 18.2 Å². The van der Waals surface area contributed by atoms with Crippen molar-refractivity contribution in [2.45, 2.75) is 46.3 Å². The fourth-order valence-electron chi connectivity index (χ4n) is 4.02. The SMILES string of the molecule is CC[NH+](CC)CCN(Cc1cc2cccc(C)c2[nH]c1=O)C(=S)NC[C@H]1CCCO1. The average molecular weight is 432 g/mol. The molecule has 0 bridgehead atoms. The lowest BCUT2D eigenvalue weighted by Gasteiger charge is -2.28. The maximum atomic E-state index is 12.8. The number of aryl methyl sites for hydroxylation is 1. The summed E-state index contributed by atoms with van der Waals surface area (Å²) < 4.78 is 5.71. The van der Waals surface area contributed by atoms with E-state index in [-0.39, 0.29) is 11.7 Å². The zero-order valence-corrected chi connectivity index (χ0v) is 19.2. The summed E-state index contributed by atoms with van der Waals surface area (Å²) in [5.41, 5.74) is 2.68. The normalized spacial score (nSPS) is 16.3. The molecule has 7 heteroatoms. The topological polar surface area (TPSA) is 61.8 Å². The van der Waals surface area contributed by atoms with Crippen LogP contribution in [0.1, 0.15) is 37.8 Å². The number of pyridine rings is 1. The maximum Gasteiger partial charge on any atom is 0.253 e. The number of nitrogens with zero attached hydrogens (tertiary/aromatic N) is 1. The molecule has 0 aliphatic carbocycles. The molecule has 1 fully saturated rings. The summed E-state index contributed by atoms with van der Waals surface area (Å²) in [7, 11) is 0. The van der Waals surface area contributed by atoms with Gasteiger partial charge in [0.15, 0.2) is 5.11 Å². The Morgan fingerprint density at radius 1 is 1.37 bits per heavy atom. The summed E-state index contributed by atoms with van der Waals surface area (Å²) >= 11 is 5.73.